The number of aryl methyl sites for hydroxylation is 3. The topological polar surface area (TPSA) is 79.6 Å². The van der Waals surface area contributed by atoms with Gasteiger partial charge in [0, 0.05) is 30.1 Å². The first kappa shape index (κ1) is 21.6. The van der Waals surface area contributed by atoms with E-state index in [0.717, 1.165) is 33.2 Å². The van der Waals surface area contributed by atoms with Crippen LogP contribution in [0.2, 0.25) is 0 Å². The monoisotopic (exact) mass is 440 g/mol. The van der Waals surface area contributed by atoms with Crippen LogP contribution in [0.25, 0.3) is 11.0 Å². The predicted octanol–water partition coefficient (Wildman–Crippen LogP) is 3.87. The van der Waals surface area contributed by atoms with Crippen molar-refractivity contribution in [3.8, 4) is 0 Å². The molecule has 1 amide bonds. The van der Waals surface area contributed by atoms with E-state index >= 15 is 0 Å². The van der Waals surface area contributed by atoms with Crippen LogP contribution in [-0.4, -0.2) is 37.8 Å². The Morgan fingerprint density at radius 1 is 1.06 bits per heavy atom. The van der Waals surface area contributed by atoms with Crippen molar-refractivity contribution in [2.24, 2.45) is 0 Å². The number of rotatable bonds is 5. The highest BCUT2D eigenvalue weighted by Gasteiger charge is 2.30. The molecule has 0 atom stereocenters. The highest BCUT2D eigenvalue weighted by molar-refractivity contribution is 7.89. The molecule has 6 nitrogen and oxygen atoms in total. The van der Waals surface area contributed by atoms with Crippen LogP contribution in [0.4, 0.5) is 0 Å². The first-order chi connectivity index (χ1) is 14.7. The van der Waals surface area contributed by atoms with Crippen LogP contribution in [0.15, 0.2) is 52.0 Å². The first-order valence-corrected chi connectivity index (χ1v) is 12.0. The Balaban J connectivity index is 1.35. The summed E-state index contributed by atoms with van der Waals surface area (Å²) in [5.74, 6) is -0.0687. The number of hydrogen-bond donors (Lipinski definition) is 1. The van der Waals surface area contributed by atoms with Crippen LogP contribution in [0.1, 0.15) is 35.1 Å². The van der Waals surface area contributed by atoms with Gasteiger partial charge in [0.1, 0.15) is 5.58 Å². The minimum absolute atomic E-state index is 0.0286. The molecule has 0 aliphatic carbocycles. The second-order valence-corrected chi connectivity index (χ2v) is 10.4. The number of carbonyl (C=O) groups is 1. The second-order valence-electron chi connectivity index (χ2n) is 8.43. The molecule has 1 N–H and O–H groups in total. The van der Waals surface area contributed by atoms with Crippen molar-refractivity contribution in [1.82, 2.24) is 9.62 Å². The lowest BCUT2D eigenvalue weighted by molar-refractivity contribution is -0.121. The van der Waals surface area contributed by atoms with Crippen molar-refractivity contribution in [2.45, 2.75) is 51.0 Å². The summed E-state index contributed by atoms with van der Waals surface area (Å²) in [6.07, 6.45) is 3.10. The molecule has 1 fully saturated rings. The lowest BCUT2D eigenvalue weighted by Crippen LogP contribution is -2.46. The Bertz CT molecular complexity index is 1200. The zero-order valence-electron chi connectivity index (χ0n) is 18.1. The summed E-state index contributed by atoms with van der Waals surface area (Å²) in [5.41, 5.74) is 5.01. The number of fused-ring (bicyclic) bond motifs is 1. The fourth-order valence-electron chi connectivity index (χ4n) is 4.02. The Kier molecular flexibility index (Phi) is 5.90. The third-order valence-corrected chi connectivity index (χ3v) is 8.01. The molecule has 2 aromatic carbocycles. The molecule has 4 rings (SSSR count). The summed E-state index contributed by atoms with van der Waals surface area (Å²) in [5, 5.41) is 4.03. The molecule has 0 bridgehead atoms. The van der Waals surface area contributed by atoms with Gasteiger partial charge < -0.3 is 9.73 Å². The SMILES string of the molecule is Cc1ccc(S(=O)(=O)N2CCC(NC(=O)Cc3coc4cc(C)c(C)cc34)CC2)cc1. The molecular weight excluding hydrogens is 412 g/mol. The van der Waals surface area contributed by atoms with Crippen LogP contribution in [0.5, 0.6) is 0 Å². The van der Waals surface area contributed by atoms with Gasteiger partial charge in [0.05, 0.1) is 17.6 Å². The largest absolute Gasteiger partial charge is 0.464 e. The number of hydrogen-bond acceptors (Lipinski definition) is 4. The van der Waals surface area contributed by atoms with Gasteiger partial charge >= 0.3 is 0 Å². The average molecular weight is 441 g/mol. The average Bonchev–Trinajstić information content (AvgIpc) is 3.10. The van der Waals surface area contributed by atoms with E-state index in [9.17, 15) is 13.2 Å². The Hall–Kier alpha value is -2.64. The second kappa shape index (κ2) is 8.48. The first-order valence-electron chi connectivity index (χ1n) is 10.6. The van der Waals surface area contributed by atoms with Crippen LogP contribution >= 0.6 is 0 Å². The summed E-state index contributed by atoms with van der Waals surface area (Å²) in [6.45, 7) is 6.81. The van der Waals surface area contributed by atoms with E-state index in [2.05, 4.69) is 11.4 Å². The summed E-state index contributed by atoms with van der Waals surface area (Å²) < 4.78 is 32.8. The number of benzene rings is 2. The molecule has 0 radical (unpaired) electrons. The highest BCUT2D eigenvalue weighted by Crippen LogP contribution is 2.26. The molecule has 2 heterocycles. The van der Waals surface area contributed by atoms with E-state index in [4.69, 9.17) is 4.42 Å². The van der Waals surface area contributed by atoms with E-state index in [1.807, 2.05) is 39.0 Å². The minimum Gasteiger partial charge on any atom is -0.464 e. The van der Waals surface area contributed by atoms with Gasteiger partial charge in [-0.1, -0.05) is 17.7 Å². The smallest absolute Gasteiger partial charge is 0.243 e. The molecule has 1 aliphatic rings. The molecule has 1 saturated heterocycles. The number of amides is 1. The van der Waals surface area contributed by atoms with Gasteiger partial charge in [-0.05, 0) is 69.0 Å². The maximum atomic E-state index is 12.8. The van der Waals surface area contributed by atoms with Crippen LogP contribution in [0.3, 0.4) is 0 Å². The Labute approximate surface area is 183 Å². The van der Waals surface area contributed by atoms with Crippen molar-refractivity contribution >= 4 is 26.9 Å². The third-order valence-electron chi connectivity index (χ3n) is 6.10. The quantitative estimate of drug-likeness (QED) is 0.653. The molecule has 7 heteroatoms. The van der Waals surface area contributed by atoms with E-state index in [1.54, 1.807) is 18.4 Å². The van der Waals surface area contributed by atoms with E-state index in [0.29, 0.717) is 30.8 Å². The zero-order chi connectivity index (χ0) is 22.2. The van der Waals surface area contributed by atoms with Gasteiger partial charge in [0.2, 0.25) is 15.9 Å². The number of nitrogens with zero attached hydrogens (tertiary/aromatic N) is 1. The Morgan fingerprint density at radius 3 is 2.39 bits per heavy atom. The lowest BCUT2D eigenvalue weighted by atomic mass is 10.0. The van der Waals surface area contributed by atoms with Crippen molar-refractivity contribution in [1.29, 1.82) is 0 Å². The van der Waals surface area contributed by atoms with Gasteiger partial charge in [-0.25, -0.2) is 8.42 Å². The van der Waals surface area contributed by atoms with Crippen molar-refractivity contribution < 1.29 is 17.6 Å². The van der Waals surface area contributed by atoms with Gasteiger partial charge in [0.25, 0.3) is 0 Å². The predicted molar refractivity (Wildman–Crippen MR) is 120 cm³/mol. The Morgan fingerprint density at radius 2 is 1.71 bits per heavy atom. The zero-order valence-corrected chi connectivity index (χ0v) is 19.0. The van der Waals surface area contributed by atoms with Crippen molar-refractivity contribution in [3.05, 3.63) is 64.9 Å². The molecule has 0 spiro atoms. The maximum absolute atomic E-state index is 12.8. The number of carbonyl (C=O) groups excluding carboxylic acids is 1. The van der Waals surface area contributed by atoms with Crippen LogP contribution < -0.4 is 5.32 Å². The van der Waals surface area contributed by atoms with Gasteiger partial charge in [-0.3, -0.25) is 4.79 Å². The fourth-order valence-corrected chi connectivity index (χ4v) is 5.49. The number of nitrogens with one attached hydrogen (secondary N) is 1. The molecule has 31 heavy (non-hydrogen) atoms. The maximum Gasteiger partial charge on any atom is 0.243 e. The van der Waals surface area contributed by atoms with Crippen molar-refractivity contribution in [3.63, 3.8) is 0 Å². The number of piperidine rings is 1. The minimum atomic E-state index is -3.50. The van der Waals surface area contributed by atoms with Crippen LogP contribution in [0, 0.1) is 20.8 Å². The molecule has 1 aliphatic heterocycles. The van der Waals surface area contributed by atoms with E-state index in [-0.39, 0.29) is 18.4 Å². The molecule has 164 valence electrons. The summed E-state index contributed by atoms with van der Waals surface area (Å²) in [6, 6.07) is 10.9. The van der Waals surface area contributed by atoms with E-state index in [1.165, 1.54) is 4.31 Å². The molecule has 0 unspecified atom stereocenters. The number of furan rings is 1. The van der Waals surface area contributed by atoms with E-state index < -0.39 is 10.0 Å². The van der Waals surface area contributed by atoms with Gasteiger partial charge in [-0.2, -0.15) is 4.31 Å². The van der Waals surface area contributed by atoms with Gasteiger partial charge in [0.15, 0.2) is 0 Å². The van der Waals surface area contributed by atoms with Crippen LogP contribution in [-0.2, 0) is 21.2 Å². The molecular formula is C24H28N2O4S. The van der Waals surface area contributed by atoms with Crippen molar-refractivity contribution in [2.75, 3.05) is 13.1 Å². The summed E-state index contributed by atoms with van der Waals surface area (Å²) >= 11 is 0. The van der Waals surface area contributed by atoms with Gasteiger partial charge in [-0.15, -0.1) is 0 Å². The normalized spacial score (nSPS) is 16.0. The summed E-state index contributed by atoms with van der Waals surface area (Å²) in [7, 11) is -3.50. The number of sulfonamides is 1. The summed E-state index contributed by atoms with van der Waals surface area (Å²) in [4.78, 5) is 12.9. The molecule has 3 aromatic rings. The molecule has 0 saturated carbocycles. The molecule has 1 aromatic heterocycles. The standard InChI is InChI=1S/C24H28N2O4S/c1-16-4-6-21(7-5-16)31(28,29)26-10-8-20(9-11-26)25-24(27)14-19-15-30-23-13-18(3)17(2)12-22(19)23/h4-7,12-13,15,20H,8-11,14H2,1-3H3,(H,25,27). The highest BCUT2D eigenvalue weighted by atomic mass is 32.2. The fraction of sp³-hybridized carbons (Fsp3) is 0.375. The lowest BCUT2D eigenvalue weighted by Gasteiger charge is -2.31. The third kappa shape index (κ3) is 4.52.